The van der Waals surface area contributed by atoms with Crippen LogP contribution in [0.1, 0.15) is 46.5 Å². The lowest BCUT2D eigenvalue weighted by Crippen LogP contribution is -2.38. The Bertz CT molecular complexity index is 212. The van der Waals surface area contributed by atoms with Crippen molar-refractivity contribution in [2.45, 2.75) is 52.5 Å². The number of esters is 1. The van der Waals surface area contributed by atoms with Crippen LogP contribution in [0.4, 0.5) is 0 Å². The Kier molecular flexibility index (Phi) is 5.81. The second-order valence-electron chi connectivity index (χ2n) is 4.68. The Morgan fingerprint density at radius 3 is 2.50 bits per heavy atom. The summed E-state index contributed by atoms with van der Waals surface area (Å²) in [5.41, 5.74) is 0. The third-order valence-electron chi connectivity index (χ3n) is 3.44. The highest BCUT2D eigenvalue weighted by Crippen LogP contribution is 2.24. The van der Waals surface area contributed by atoms with Gasteiger partial charge < -0.3 is 4.74 Å². The van der Waals surface area contributed by atoms with E-state index in [2.05, 4.69) is 11.8 Å². The van der Waals surface area contributed by atoms with Gasteiger partial charge in [-0.1, -0.05) is 26.7 Å². The van der Waals surface area contributed by atoms with Crippen LogP contribution in [0.2, 0.25) is 0 Å². The lowest BCUT2D eigenvalue weighted by molar-refractivity contribution is -0.148. The molecule has 0 amide bonds. The first-order chi connectivity index (χ1) is 7.69. The van der Waals surface area contributed by atoms with Gasteiger partial charge in [0.1, 0.15) is 0 Å². The van der Waals surface area contributed by atoms with Crippen molar-refractivity contribution in [2.24, 2.45) is 5.92 Å². The standard InChI is InChI=1S/C13H25NO2/c1-4-14(12-8-6-7-9-12)10-11(3)13(15)16-5-2/h11-12H,4-10H2,1-3H3. The van der Waals surface area contributed by atoms with Gasteiger partial charge >= 0.3 is 5.97 Å². The summed E-state index contributed by atoms with van der Waals surface area (Å²) in [6.07, 6.45) is 5.27. The van der Waals surface area contributed by atoms with Gasteiger partial charge in [-0.15, -0.1) is 0 Å². The molecule has 1 saturated carbocycles. The van der Waals surface area contributed by atoms with Gasteiger partial charge in [0.25, 0.3) is 0 Å². The highest BCUT2D eigenvalue weighted by molar-refractivity contribution is 5.72. The van der Waals surface area contributed by atoms with E-state index in [1.165, 1.54) is 25.7 Å². The SMILES string of the molecule is CCOC(=O)C(C)CN(CC)C1CCCC1. The molecule has 0 aromatic heterocycles. The van der Waals surface area contributed by atoms with Gasteiger partial charge in [0, 0.05) is 12.6 Å². The van der Waals surface area contributed by atoms with Crippen molar-refractivity contribution < 1.29 is 9.53 Å². The zero-order valence-electron chi connectivity index (χ0n) is 10.9. The van der Waals surface area contributed by atoms with Crippen LogP contribution in [0, 0.1) is 5.92 Å². The van der Waals surface area contributed by atoms with Crippen LogP contribution in [0.15, 0.2) is 0 Å². The third-order valence-corrected chi connectivity index (χ3v) is 3.44. The van der Waals surface area contributed by atoms with Crippen molar-refractivity contribution in [3.05, 3.63) is 0 Å². The van der Waals surface area contributed by atoms with Gasteiger partial charge in [0.15, 0.2) is 0 Å². The Balaban J connectivity index is 2.39. The van der Waals surface area contributed by atoms with E-state index in [1.54, 1.807) is 0 Å². The Morgan fingerprint density at radius 2 is 2.00 bits per heavy atom. The second kappa shape index (κ2) is 6.89. The maximum Gasteiger partial charge on any atom is 0.309 e. The van der Waals surface area contributed by atoms with Crippen molar-refractivity contribution in [1.29, 1.82) is 0 Å². The maximum atomic E-state index is 11.6. The largest absolute Gasteiger partial charge is 0.466 e. The van der Waals surface area contributed by atoms with Gasteiger partial charge in [-0.2, -0.15) is 0 Å². The molecule has 0 spiro atoms. The Labute approximate surface area is 99.1 Å². The maximum absolute atomic E-state index is 11.6. The van der Waals surface area contributed by atoms with Crippen molar-refractivity contribution in [3.63, 3.8) is 0 Å². The molecule has 1 aliphatic rings. The monoisotopic (exact) mass is 227 g/mol. The van der Waals surface area contributed by atoms with E-state index in [1.807, 2.05) is 13.8 Å². The van der Waals surface area contributed by atoms with E-state index in [0.29, 0.717) is 12.6 Å². The molecule has 3 heteroatoms. The molecule has 0 aromatic carbocycles. The van der Waals surface area contributed by atoms with E-state index in [-0.39, 0.29) is 11.9 Å². The quantitative estimate of drug-likeness (QED) is 0.653. The molecule has 0 aromatic rings. The zero-order valence-corrected chi connectivity index (χ0v) is 10.9. The lowest BCUT2D eigenvalue weighted by atomic mass is 10.1. The predicted octanol–water partition coefficient (Wildman–Crippen LogP) is 2.45. The molecule has 16 heavy (non-hydrogen) atoms. The number of carbonyl (C=O) groups excluding carboxylic acids is 1. The second-order valence-corrected chi connectivity index (χ2v) is 4.68. The zero-order chi connectivity index (χ0) is 12.0. The minimum Gasteiger partial charge on any atom is -0.466 e. The summed E-state index contributed by atoms with van der Waals surface area (Å²) in [6.45, 7) is 8.37. The minimum atomic E-state index is -0.0565. The molecule has 0 N–H and O–H groups in total. The van der Waals surface area contributed by atoms with Crippen molar-refractivity contribution in [1.82, 2.24) is 4.90 Å². The van der Waals surface area contributed by atoms with Crippen molar-refractivity contribution in [3.8, 4) is 0 Å². The predicted molar refractivity (Wildman–Crippen MR) is 65.3 cm³/mol. The molecule has 0 heterocycles. The number of hydrogen-bond donors (Lipinski definition) is 0. The van der Waals surface area contributed by atoms with Crippen LogP contribution in [0.5, 0.6) is 0 Å². The van der Waals surface area contributed by atoms with Gasteiger partial charge in [-0.05, 0) is 26.3 Å². The highest BCUT2D eigenvalue weighted by atomic mass is 16.5. The van der Waals surface area contributed by atoms with E-state index in [4.69, 9.17) is 4.74 Å². The molecular weight excluding hydrogens is 202 g/mol. The Morgan fingerprint density at radius 1 is 1.38 bits per heavy atom. The van der Waals surface area contributed by atoms with E-state index < -0.39 is 0 Å². The van der Waals surface area contributed by atoms with Gasteiger partial charge in [0.05, 0.1) is 12.5 Å². The van der Waals surface area contributed by atoms with Crippen molar-refractivity contribution >= 4 is 5.97 Å². The summed E-state index contributed by atoms with van der Waals surface area (Å²) in [5, 5.41) is 0. The Hall–Kier alpha value is -0.570. The molecule has 94 valence electrons. The van der Waals surface area contributed by atoms with Crippen molar-refractivity contribution in [2.75, 3.05) is 19.7 Å². The first kappa shape index (κ1) is 13.5. The van der Waals surface area contributed by atoms with Gasteiger partial charge in [-0.3, -0.25) is 9.69 Å². The molecule has 3 nitrogen and oxygen atoms in total. The number of ether oxygens (including phenoxy) is 1. The number of carbonyl (C=O) groups is 1. The van der Waals surface area contributed by atoms with Gasteiger partial charge in [0.2, 0.25) is 0 Å². The summed E-state index contributed by atoms with van der Waals surface area (Å²) in [4.78, 5) is 14.0. The van der Waals surface area contributed by atoms with Crippen LogP contribution in [-0.4, -0.2) is 36.6 Å². The number of rotatable bonds is 6. The first-order valence-corrected chi connectivity index (χ1v) is 6.59. The van der Waals surface area contributed by atoms with Crippen LogP contribution >= 0.6 is 0 Å². The fraction of sp³-hybridized carbons (Fsp3) is 0.923. The molecule has 0 bridgehead atoms. The molecule has 1 unspecified atom stereocenters. The smallest absolute Gasteiger partial charge is 0.309 e. The fourth-order valence-electron chi connectivity index (χ4n) is 2.52. The highest BCUT2D eigenvalue weighted by Gasteiger charge is 2.25. The van der Waals surface area contributed by atoms with Crippen LogP contribution < -0.4 is 0 Å². The molecular formula is C13H25NO2. The summed E-state index contributed by atoms with van der Waals surface area (Å²) in [6, 6.07) is 0.696. The fourth-order valence-corrected chi connectivity index (χ4v) is 2.52. The van der Waals surface area contributed by atoms with E-state index in [0.717, 1.165) is 13.1 Å². The molecule has 0 radical (unpaired) electrons. The first-order valence-electron chi connectivity index (χ1n) is 6.59. The third kappa shape index (κ3) is 3.78. The molecule has 1 aliphatic carbocycles. The minimum absolute atomic E-state index is 0.000463. The van der Waals surface area contributed by atoms with Crippen LogP contribution in [0.25, 0.3) is 0 Å². The number of hydrogen-bond acceptors (Lipinski definition) is 3. The molecule has 0 aliphatic heterocycles. The molecule has 1 fully saturated rings. The van der Waals surface area contributed by atoms with E-state index in [9.17, 15) is 4.79 Å². The summed E-state index contributed by atoms with van der Waals surface area (Å²) in [5.74, 6) is -0.0561. The summed E-state index contributed by atoms with van der Waals surface area (Å²) < 4.78 is 5.05. The summed E-state index contributed by atoms with van der Waals surface area (Å²) >= 11 is 0. The average Bonchev–Trinajstić information content (AvgIpc) is 2.79. The van der Waals surface area contributed by atoms with E-state index >= 15 is 0 Å². The average molecular weight is 227 g/mol. The molecule has 1 rings (SSSR count). The topological polar surface area (TPSA) is 29.5 Å². The van der Waals surface area contributed by atoms with Crippen LogP contribution in [0.3, 0.4) is 0 Å². The number of nitrogens with zero attached hydrogens (tertiary/aromatic N) is 1. The van der Waals surface area contributed by atoms with Crippen LogP contribution in [-0.2, 0) is 9.53 Å². The lowest BCUT2D eigenvalue weighted by Gasteiger charge is -2.29. The normalized spacial score (nSPS) is 19.0. The molecule has 1 atom stereocenters. The van der Waals surface area contributed by atoms with Gasteiger partial charge in [-0.25, -0.2) is 0 Å². The summed E-state index contributed by atoms with van der Waals surface area (Å²) in [7, 11) is 0. The molecule has 0 saturated heterocycles.